The lowest BCUT2D eigenvalue weighted by atomic mass is 9.89. The van der Waals surface area contributed by atoms with E-state index < -0.39 is 0 Å². The molecule has 64 heavy (non-hydrogen) atoms. The second-order valence-corrected chi connectivity index (χ2v) is 16.9. The minimum atomic E-state index is 0.983. The molecule has 0 atom stereocenters. The highest BCUT2D eigenvalue weighted by molar-refractivity contribution is 6.33. The zero-order valence-electron chi connectivity index (χ0n) is 34.8. The van der Waals surface area contributed by atoms with Crippen molar-refractivity contribution < 1.29 is 0 Å². The van der Waals surface area contributed by atoms with Crippen LogP contribution in [-0.4, -0.2) is 9.97 Å². The summed E-state index contributed by atoms with van der Waals surface area (Å²) in [5.74, 6) is 0. The molecule has 13 rings (SSSR count). The van der Waals surface area contributed by atoms with Gasteiger partial charge in [-0.15, -0.1) is 0 Å². The Morgan fingerprint density at radius 3 is 1.84 bits per heavy atom. The number of hydrogen-bond donors (Lipinski definition) is 0. The Labute approximate surface area is 370 Å². The Morgan fingerprint density at radius 2 is 0.984 bits per heavy atom. The highest BCUT2D eigenvalue weighted by Crippen LogP contribution is 2.43. The fourth-order valence-electron chi connectivity index (χ4n) is 10.1. The number of aromatic nitrogens is 2. The normalized spacial score (nSPS) is 14.5. The van der Waals surface area contributed by atoms with Gasteiger partial charge in [-0.1, -0.05) is 200 Å². The largest absolute Gasteiger partial charge is 0.247 e. The number of para-hydroxylation sites is 1. The second kappa shape index (κ2) is 14.6. The maximum Gasteiger partial charge on any atom is 0.0794 e. The summed E-state index contributed by atoms with van der Waals surface area (Å²) in [5.41, 5.74) is 13.2. The standard InChI is InChI=1S/C62H38N2/c1-2-12-42(13-3-1)57-35-33-43-29-26-40-25-24-39(14-11-22-50(40)61(43)63-57)45-32-34-49-47(36-45)31-28-41-27-30-46(38-56(41)49)44-15-10-16-48(37-44)62-60-54-20-7-5-18-52(54)51-17-4-6-19-53(51)59(60)55-21-8-9-23-58(55)64-62/h1-38H/b14-11?,22-11+,25-24-,39-14-,39-24?,40-25?,50-22?. The molecule has 0 aliphatic heterocycles. The molecule has 0 bridgehead atoms. The second-order valence-electron chi connectivity index (χ2n) is 16.9. The van der Waals surface area contributed by atoms with E-state index in [1.54, 1.807) is 0 Å². The molecule has 10 aromatic carbocycles. The van der Waals surface area contributed by atoms with E-state index in [9.17, 15) is 0 Å². The smallest absolute Gasteiger partial charge is 0.0794 e. The number of hydrogen-bond acceptors (Lipinski definition) is 2. The molecule has 296 valence electrons. The lowest BCUT2D eigenvalue weighted by molar-refractivity contribution is 1.39. The van der Waals surface area contributed by atoms with Crippen molar-refractivity contribution in [3.05, 3.63) is 235 Å². The van der Waals surface area contributed by atoms with Crippen molar-refractivity contribution in [3.63, 3.8) is 0 Å². The van der Waals surface area contributed by atoms with Crippen molar-refractivity contribution in [3.8, 4) is 33.6 Å². The van der Waals surface area contributed by atoms with Gasteiger partial charge < -0.3 is 0 Å². The van der Waals surface area contributed by atoms with E-state index in [1.165, 1.54) is 70.4 Å². The van der Waals surface area contributed by atoms with E-state index in [-0.39, 0.29) is 0 Å². The van der Waals surface area contributed by atoms with E-state index in [1.807, 2.05) is 6.07 Å². The first-order valence-electron chi connectivity index (χ1n) is 22.0. The van der Waals surface area contributed by atoms with Gasteiger partial charge in [0.05, 0.1) is 22.4 Å². The molecule has 2 nitrogen and oxygen atoms in total. The molecule has 2 heteroatoms. The molecular formula is C62H38N2. The van der Waals surface area contributed by atoms with E-state index >= 15 is 0 Å². The lowest BCUT2D eigenvalue weighted by Gasteiger charge is -2.16. The Hall–Kier alpha value is -8.46. The molecule has 0 spiro atoms. The molecule has 0 radical (unpaired) electrons. The van der Waals surface area contributed by atoms with Crippen LogP contribution in [0.15, 0.2) is 218 Å². The van der Waals surface area contributed by atoms with E-state index in [4.69, 9.17) is 9.97 Å². The minimum Gasteiger partial charge on any atom is -0.247 e. The summed E-state index contributed by atoms with van der Waals surface area (Å²) >= 11 is 0. The summed E-state index contributed by atoms with van der Waals surface area (Å²) in [7, 11) is 0. The molecule has 2 aromatic heterocycles. The zero-order valence-corrected chi connectivity index (χ0v) is 34.8. The molecule has 0 amide bonds. The van der Waals surface area contributed by atoms with Gasteiger partial charge in [0.15, 0.2) is 0 Å². The Balaban J connectivity index is 0.886. The van der Waals surface area contributed by atoms with Crippen molar-refractivity contribution in [2.24, 2.45) is 0 Å². The first-order valence-corrected chi connectivity index (χ1v) is 22.0. The predicted octanol–water partition coefficient (Wildman–Crippen LogP) is 16.7. The van der Waals surface area contributed by atoms with Crippen LogP contribution in [0, 0.1) is 0 Å². The maximum absolute atomic E-state index is 5.43. The molecule has 0 saturated carbocycles. The first-order chi connectivity index (χ1) is 31.7. The van der Waals surface area contributed by atoms with Gasteiger partial charge in [-0.05, 0) is 101 Å². The van der Waals surface area contributed by atoms with Gasteiger partial charge in [0.1, 0.15) is 0 Å². The van der Waals surface area contributed by atoms with Crippen LogP contribution in [0.1, 0.15) is 16.7 Å². The monoisotopic (exact) mass is 810 g/mol. The van der Waals surface area contributed by atoms with Gasteiger partial charge in [0, 0.05) is 38.2 Å². The van der Waals surface area contributed by atoms with E-state index in [0.717, 1.165) is 61.2 Å². The number of benzene rings is 10. The van der Waals surface area contributed by atoms with Crippen LogP contribution >= 0.6 is 0 Å². The number of pyridine rings is 2. The summed E-state index contributed by atoms with van der Waals surface area (Å²) in [6.45, 7) is 0. The van der Waals surface area contributed by atoms with Gasteiger partial charge in [-0.3, -0.25) is 0 Å². The summed E-state index contributed by atoms with van der Waals surface area (Å²) in [4.78, 5) is 10.6. The van der Waals surface area contributed by atoms with Crippen LogP contribution in [0.25, 0.3) is 127 Å². The molecule has 12 aromatic rings. The Kier molecular flexibility index (Phi) is 8.25. The quantitative estimate of drug-likeness (QED) is 0.166. The third-order valence-electron chi connectivity index (χ3n) is 13.2. The highest BCUT2D eigenvalue weighted by Gasteiger charge is 2.18. The van der Waals surface area contributed by atoms with Crippen molar-refractivity contribution in [2.45, 2.75) is 0 Å². The number of fused-ring (bicyclic) bond motifs is 14. The van der Waals surface area contributed by atoms with Gasteiger partial charge in [-0.25, -0.2) is 9.97 Å². The third-order valence-corrected chi connectivity index (χ3v) is 13.2. The Bertz CT molecular complexity index is 4000. The molecule has 0 unspecified atom stereocenters. The third kappa shape index (κ3) is 5.88. The fraction of sp³-hybridized carbons (Fsp3) is 0. The van der Waals surface area contributed by atoms with Crippen molar-refractivity contribution >= 4 is 93.4 Å². The lowest BCUT2D eigenvalue weighted by Crippen LogP contribution is -1.93. The summed E-state index contributed by atoms with van der Waals surface area (Å²) in [6, 6.07) is 72.5. The van der Waals surface area contributed by atoms with Crippen LogP contribution in [-0.2, 0) is 0 Å². The van der Waals surface area contributed by atoms with Crippen LogP contribution in [0.2, 0.25) is 0 Å². The molecule has 0 N–H and O–H groups in total. The average Bonchev–Trinajstić information content (AvgIpc) is 3.36. The van der Waals surface area contributed by atoms with Crippen molar-refractivity contribution in [1.82, 2.24) is 9.97 Å². The molecule has 0 fully saturated rings. The average molecular weight is 811 g/mol. The first kappa shape index (κ1) is 36.2. The Morgan fingerprint density at radius 1 is 0.328 bits per heavy atom. The predicted molar refractivity (Wildman–Crippen MR) is 273 cm³/mol. The molecular weight excluding hydrogens is 773 g/mol. The van der Waals surface area contributed by atoms with Crippen molar-refractivity contribution in [1.29, 1.82) is 0 Å². The summed E-state index contributed by atoms with van der Waals surface area (Å²) in [5, 5.41) is 14.7. The molecule has 2 heterocycles. The summed E-state index contributed by atoms with van der Waals surface area (Å²) < 4.78 is 0. The molecule has 1 aliphatic rings. The van der Waals surface area contributed by atoms with Crippen LogP contribution < -0.4 is 0 Å². The molecule has 0 saturated heterocycles. The van der Waals surface area contributed by atoms with Crippen molar-refractivity contribution in [2.75, 3.05) is 0 Å². The highest BCUT2D eigenvalue weighted by atomic mass is 14.7. The number of allylic oxidation sites excluding steroid dienone is 4. The SMILES string of the molecule is C1=C\c2ccc3ccc(-c4ccccc4)nc3c2/C=C/C=C/1c1ccc2c(ccc3ccc(-c4cccc(-c5nc6ccccc6c6c7ccccc7c7ccccc7c56)c4)cc32)c1. The zero-order chi connectivity index (χ0) is 42.1. The van der Waals surface area contributed by atoms with Gasteiger partial charge in [0.25, 0.3) is 0 Å². The summed E-state index contributed by atoms with van der Waals surface area (Å²) in [6.07, 6.45) is 11.1. The topological polar surface area (TPSA) is 25.8 Å². The van der Waals surface area contributed by atoms with Gasteiger partial charge in [-0.2, -0.15) is 0 Å². The van der Waals surface area contributed by atoms with Crippen LogP contribution in [0.5, 0.6) is 0 Å². The number of nitrogens with zero attached hydrogens (tertiary/aromatic N) is 2. The van der Waals surface area contributed by atoms with E-state index in [2.05, 4.69) is 225 Å². The van der Waals surface area contributed by atoms with E-state index in [0.29, 0.717) is 0 Å². The van der Waals surface area contributed by atoms with Crippen LogP contribution in [0.4, 0.5) is 0 Å². The minimum absolute atomic E-state index is 0.983. The van der Waals surface area contributed by atoms with Crippen LogP contribution in [0.3, 0.4) is 0 Å². The molecule has 1 aliphatic carbocycles. The van der Waals surface area contributed by atoms with Gasteiger partial charge >= 0.3 is 0 Å². The van der Waals surface area contributed by atoms with Gasteiger partial charge in [0.2, 0.25) is 0 Å². The number of rotatable bonds is 4. The fourth-order valence-corrected chi connectivity index (χ4v) is 10.1. The maximum atomic E-state index is 5.43.